The fraction of sp³-hybridized carbons (Fsp3) is 0.667. The number of rotatable bonds is 45. The Labute approximate surface area is 387 Å². The first-order valence-electron chi connectivity index (χ1n) is 25.7. The molecule has 0 amide bonds. The molecule has 0 saturated heterocycles. The first-order chi connectivity index (χ1) is 31.0. The molecule has 1 atom stereocenters. The van der Waals surface area contributed by atoms with Crippen molar-refractivity contribution in [2.45, 2.75) is 232 Å². The standard InChI is InChI=1S/C57H94O6/c1-4-7-10-13-16-19-22-25-27-28-30-32-35-38-41-44-47-50-56(59)62-53-54(52-61-55(58)49-46-43-40-37-34-31-24-21-18-15-12-9-6-3)63-57(60)51-48-45-42-39-36-33-29-26-23-20-17-14-11-8-5-2/h8-9,11-12,17-18,20-21,25-27,29,31,34,40,43,54H,4-7,10,13-16,19,22-24,28,30,32-33,35-39,41-42,44-53H2,1-3H3/b11-8-,12-9-,20-17-,21-18-,27-25-,29-26-,34-31-,43-40-. The maximum Gasteiger partial charge on any atom is 0.306 e. The molecule has 0 saturated carbocycles. The molecule has 0 aromatic heterocycles. The lowest BCUT2D eigenvalue weighted by Gasteiger charge is -2.18. The smallest absolute Gasteiger partial charge is 0.306 e. The normalized spacial score (nSPS) is 12.9. The average Bonchev–Trinajstić information content (AvgIpc) is 3.28. The molecule has 0 aromatic rings. The van der Waals surface area contributed by atoms with E-state index in [2.05, 4.69) is 106 Å². The van der Waals surface area contributed by atoms with Crippen LogP contribution in [0.15, 0.2) is 97.2 Å². The monoisotopic (exact) mass is 875 g/mol. The summed E-state index contributed by atoms with van der Waals surface area (Å²) in [6, 6.07) is 0. The molecule has 0 bridgehead atoms. The lowest BCUT2D eigenvalue weighted by Crippen LogP contribution is -2.30. The fourth-order valence-electron chi connectivity index (χ4n) is 6.76. The Morgan fingerprint density at radius 3 is 1.08 bits per heavy atom. The molecule has 0 aromatic carbocycles. The van der Waals surface area contributed by atoms with Crippen LogP contribution in [-0.4, -0.2) is 37.2 Å². The molecule has 6 nitrogen and oxygen atoms in total. The SMILES string of the molecule is CC/C=C\C/C=C\C/C=C\C/C=C\CCC(=O)OCC(COC(=O)CCCCCCCCC/C=C\CCCCCCCC)OC(=O)CCCCCCC/C=C\C/C=C\C/C=C\CC. The lowest BCUT2D eigenvalue weighted by atomic mass is 10.1. The van der Waals surface area contributed by atoms with Gasteiger partial charge in [0.1, 0.15) is 13.2 Å². The van der Waals surface area contributed by atoms with Gasteiger partial charge in [-0.05, 0) is 103 Å². The third kappa shape index (κ3) is 49.2. The Morgan fingerprint density at radius 2 is 0.651 bits per heavy atom. The van der Waals surface area contributed by atoms with Crippen LogP contribution in [0.3, 0.4) is 0 Å². The molecular weight excluding hydrogens is 781 g/mol. The van der Waals surface area contributed by atoms with Crippen molar-refractivity contribution in [3.05, 3.63) is 97.2 Å². The van der Waals surface area contributed by atoms with Crippen LogP contribution in [0.1, 0.15) is 226 Å². The molecule has 0 aliphatic carbocycles. The van der Waals surface area contributed by atoms with E-state index >= 15 is 0 Å². The first-order valence-corrected chi connectivity index (χ1v) is 25.7. The number of unbranched alkanes of at least 4 members (excludes halogenated alkanes) is 18. The van der Waals surface area contributed by atoms with Crippen molar-refractivity contribution in [1.82, 2.24) is 0 Å². The zero-order valence-electron chi connectivity index (χ0n) is 40.8. The summed E-state index contributed by atoms with van der Waals surface area (Å²) in [6.07, 6.45) is 66.9. The first kappa shape index (κ1) is 59.3. The van der Waals surface area contributed by atoms with Crippen LogP contribution in [0.4, 0.5) is 0 Å². The number of esters is 3. The Bertz CT molecular complexity index is 1280. The van der Waals surface area contributed by atoms with Crippen molar-refractivity contribution in [1.29, 1.82) is 0 Å². The number of carbonyl (C=O) groups is 3. The summed E-state index contributed by atoms with van der Waals surface area (Å²) in [5.74, 6) is -1.02. The van der Waals surface area contributed by atoms with Crippen LogP contribution in [0, 0.1) is 0 Å². The van der Waals surface area contributed by atoms with Crippen molar-refractivity contribution >= 4 is 17.9 Å². The average molecular weight is 875 g/mol. The van der Waals surface area contributed by atoms with E-state index < -0.39 is 6.10 Å². The quantitative estimate of drug-likeness (QED) is 0.0262. The Balaban J connectivity index is 4.49. The predicted molar refractivity (Wildman–Crippen MR) is 270 cm³/mol. The molecule has 63 heavy (non-hydrogen) atoms. The van der Waals surface area contributed by atoms with Gasteiger partial charge in [-0.25, -0.2) is 0 Å². The van der Waals surface area contributed by atoms with E-state index in [-0.39, 0.29) is 37.5 Å². The highest BCUT2D eigenvalue weighted by atomic mass is 16.6. The molecule has 358 valence electrons. The second-order valence-corrected chi connectivity index (χ2v) is 16.7. The van der Waals surface area contributed by atoms with Gasteiger partial charge in [-0.1, -0.05) is 201 Å². The zero-order chi connectivity index (χ0) is 45.8. The number of hydrogen-bond acceptors (Lipinski definition) is 6. The number of carbonyl (C=O) groups excluding carboxylic acids is 3. The lowest BCUT2D eigenvalue weighted by molar-refractivity contribution is -0.166. The summed E-state index contributed by atoms with van der Waals surface area (Å²) >= 11 is 0. The van der Waals surface area contributed by atoms with Crippen LogP contribution < -0.4 is 0 Å². The van der Waals surface area contributed by atoms with Gasteiger partial charge in [0.05, 0.1) is 0 Å². The molecule has 0 N–H and O–H groups in total. The predicted octanol–water partition coefficient (Wildman–Crippen LogP) is 17.0. The van der Waals surface area contributed by atoms with E-state index in [0.29, 0.717) is 19.3 Å². The van der Waals surface area contributed by atoms with E-state index in [1.54, 1.807) is 0 Å². The van der Waals surface area contributed by atoms with Gasteiger partial charge in [-0.3, -0.25) is 14.4 Å². The summed E-state index contributed by atoms with van der Waals surface area (Å²) in [5, 5.41) is 0. The van der Waals surface area contributed by atoms with Gasteiger partial charge in [-0.15, -0.1) is 0 Å². The van der Waals surface area contributed by atoms with E-state index in [1.807, 2.05) is 12.2 Å². The number of ether oxygens (including phenoxy) is 3. The Kier molecular flexibility index (Phi) is 48.0. The summed E-state index contributed by atoms with van der Waals surface area (Å²) in [4.78, 5) is 37.9. The largest absolute Gasteiger partial charge is 0.462 e. The van der Waals surface area contributed by atoms with Crippen molar-refractivity contribution < 1.29 is 28.6 Å². The van der Waals surface area contributed by atoms with Crippen LogP contribution in [0.2, 0.25) is 0 Å². The van der Waals surface area contributed by atoms with E-state index in [0.717, 1.165) is 103 Å². The third-order valence-electron chi connectivity index (χ3n) is 10.6. The summed E-state index contributed by atoms with van der Waals surface area (Å²) < 4.78 is 16.7. The second kappa shape index (κ2) is 51.0. The van der Waals surface area contributed by atoms with Crippen LogP contribution in [0.25, 0.3) is 0 Å². The minimum absolute atomic E-state index is 0.110. The van der Waals surface area contributed by atoms with E-state index in [1.165, 1.54) is 77.0 Å². The third-order valence-corrected chi connectivity index (χ3v) is 10.6. The molecule has 1 unspecified atom stereocenters. The maximum atomic E-state index is 12.8. The Morgan fingerprint density at radius 1 is 0.333 bits per heavy atom. The van der Waals surface area contributed by atoms with Gasteiger partial charge in [0, 0.05) is 19.3 Å². The highest BCUT2D eigenvalue weighted by molar-refractivity contribution is 5.71. The minimum Gasteiger partial charge on any atom is -0.462 e. The molecule has 0 aliphatic heterocycles. The van der Waals surface area contributed by atoms with Gasteiger partial charge in [0.15, 0.2) is 6.10 Å². The van der Waals surface area contributed by atoms with Crippen LogP contribution >= 0.6 is 0 Å². The second-order valence-electron chi connectivity index (χ2n) is 16.7. The summed E-state index contributed by atoms with van der Waals surface area (Å²) in [5.41, 5.74) is 0. The summed E-state index contributed by atoms with van der Waals surface area (Å²) in [7, 11) is 0. The topological polar surface area (TPSA) is 78.9 Å². The molecule has 0 aliphatic rings. The molecule has 0 heterocycles. The zero-order valence-corrected chi connectivity index (χ0v) is 40.8. The van der Waals surface area contributed by atoms with Gasteiger partial charge < -0.3 is 14.2 Å². The number of allylic oxidation sites excluding steroid dienone is 16. The van der Waals surface area contributed by atoms with Crippen molar-refractivity contribution in [2.75, 3.05) is 13.2 Å². The van der Waals surface area contributed by atoms with Crippen LogP contribution in [-0.2, 0) is 28.6 Å². The van der Waals surface area contributed by atoms with E-state index in [4.69, 9.17) is 14.2 Å². The van der Waals surface area contributed by atoms with Crippen molar-refractivity contribution in [3.8, 4) is 0 Å². The maximum absolute atomic E-state index is 12.8. The van der Waals surface area contributed by atoms with Crippen molar-refractivity contribution in [3.63, 3.8) is 0 Å². The van der Waals surface area contributed by atoms with Gasteiger partial charge in [-0.2, -0.15) is 0 Å². The molecule has 0 radical (unpaired) electrons. The van der Waals surface area contributed by atoms with Crippen LogP contribution in [0.5, 0.6) is 0 Å². The molecular formula is C57H94O6. The van der Waals surface area contributed by atoms with Crippen molar-refractivity contribution in [2.24, 2.45) is 0 Å². The van der Waals surface area contributed by atoms with Gasteiger partial charge in [0.2, 0.25) is 0 Å². The highest BCUT2D eigenvalue weighted by Crippen LogP contribution is 2.13. The molecule has 6 heteroatoms. The highest BCUT2D eigenvalue weighted by Gasteiger charge is 2.19. The molecule has 0 spiro atoms. The molecule has 0 fully saturated rings. The van der Waals surface area contributed by atoms with E-state index in [9.17, 15) is 14.4 Å². The minimum atomic E-state index is -0.817. The summed E-state index contributed by atoms with van der Waals surface area (Å²) in [6.45, 7) is 6.31. The fourth-order valence-corrected chi connectivity index (χ4v) is 6.76. The Hall–Kier alpha value is -3.67. The molecule has 0 rings (SSSR count). The van der Waals surface area contributed by atoms with Gasteiger partial charge in [0.25, 0.3) is 0 Å². The number of hydrogen-bond donors (Lipinski definition) is 0. The van der Waals surface area contributed by atoms with Gasteiger partial charge >= 0.3 is 17.9 Å².